The van der Waals surface area contributed by atoms with Gasteiger partial charge in [0.2, 0.25) is 0 Å². The topological polar surface area (TPSA) is 29.3 Å². The molecule has 0 aromatic carbocycles. The summed E-state index contributed by atoms with van der Waals surface area (Å²) in [7, 11) is 2.12. The molecule has 0 aromatic rings. The van der Waals surface area contributed by atoms with Crippen LogP contribution in [0.3, 0.4) is 0 Å². The predicted octanol–water partition coefficient (Wildman–Crippen LogP) is 0.921. The van der Waals surface area contributed by atoms with Crippen molar-refractivity contribution in [3.05, 3.63) is 0 Å². The van der Waals surface area contributed by atoms with Gasteiger partial charge < -0.3 is 10.6 Å². The SMILES string of the molecule is CC(C)CN(C)[C@@H](C)CN. The maximum absolute atomic E-state index is 5.51. The van der Waals surface area contributed by atoms with Gasteiger partial charge in [0.25, 0.3) is 0 Å². The van der Waals surface area contributed by atoms with Crippen molar-refractivity contribution in [1.82, 2.24) is 4.90 Å². The summed E-state index contributed by atoms with van der Waals surface area (Å²) in [4.78, 5) is 2.30. The van der Waals surface area contributed by atoms with E-state index < -0.39 is 0 Å². The van der Waals surface area contributed by atoms with Crippen LogP contribution >= 0.6 is 0 Å². The van der Waals surface area contributed by atoms with Crippen molar-refractivity contribution < 1.29 is 0 Å². The molecule has 0 aliphatic carbocycles. The molecule has 2 nitrogen and oxygen atoms in total. The standard InChI is InChI=1S/C8H20N2/c1-7(2)6-10(4)8(3)5-9/h7-8H,5-6,9H2,1-4H3/t8-/m0/s1. The Morgan fingerprint density at radius 1 is 1.30 bits per heavy atom. The van der Waals surface area contributed by atoms with Crippen LogP contribution < -0.4 is 5.73 Å². The summed E-state index contributed by atoms with van der Waals surface area (Å²) >= 11 is 0. The average molecular weight is 144 g/mol. The molecule has 62 valence electrons. The highest BCUT2D eigenvalue weighted by atomic mass is 15.1. The lowest BCUT2D eigenvalue weighted by Crippen LogP contribution is -2.37. The Balaban J connectivity index is 3.50. The molecule has 0 aliphatic heterocycles. The Morgan fingerprint density at radius 3 is 2.10 bits per heavy atom. The number of likely N-dealkylation sites (N-methyl/N-ethyl adjacent to an activating group) is 1. The Kier molecular flexibility index (Phi) is 4.65. The molecule has 0 aromatic heterocycles. The van der Waals surface area contributed by atoms with Gasteiger partial charge >= 0.3 is 0 Å². The molecule has 0 spiro atoms. The molecule has 1 atom stereocenters. The second kappa shape index (κ2) is 4.69. The van der Waals surface area contributed by atoms with Gasteiger partial charge in [0.15, 0.2) is 0 Å². The van der Waals surface area contributed by atoms with Gasteiger partial charge in [-0.15, -0.1) is 0 Å². The van der Waals surface area contributed by atoms with E-state index in [-0.39, 0.29) is 0 Å². The number of rotatable bonds is 4. The molecule has 2 N–H and O–H groups in total. The normalized spacial score (nSPS) is 14.7. The fourth-order valence-corrected chi connectivity index (χ4v) is 0.936. The fourth-order valence-electron chi connectivity index (χ4n) is 0.936. The second-order valence-electron chi connectivity index (χ2n) is 3.42. The molecule has 10 heavy (non-hydrogen) atoms. The summed E-state index contributed by atoms with van der Waals surface area (Å²) in [5, 5.41) is 0. The van der Waals surface area contributed by atoms with Crippen LogP contribution in [0.4, 0.5) is 0 Å². The van der Waals surface area contributed by atoms with E-state index >= 15 is 0 Å². The lowest BCUT2D eigenvalue weighted by Gasteiger charge is -2.24. The van der Waals surface area contributed by atoms with Crippen molar-refractivity contribution >= 4 is 0 Å². The molecule has 0 fully saturated rings. The predicted molar refractivity (Wildman–Crippen MR) is 46.0 cm³/mol. The van der Waals surface area contributed by atoms with Gasteiger partial charge in [-0.25, -0.2) is 0 Å². The highest BCUT2D eigenvalue weighted by Crippen LogP contribution is 1.99. The van der Waals surface area contributed by atoms with E-state index in [4.69, 9.17) is 5.73 Å². The van der Waals surface area contributed by atoms with Gasteiger partial charge in [-0.05, 0) is 19.9 Å². The van der Waals surface area contributed by atoms with Crippen LogP contribution in [0, 0.1) is 5.92 Å². The molecular weight excluding hydrogens is 124 g/mol. The molecule has 0 bridgehead atoms. The Morgan fingerprint density at radius 2 is 1.80 bits per heavy atom. The van der Waals surface area contributed by atoms with Gasteiger partial charge in [0, 0.05) is 19.1 Å². The van der Waals surface area contributed by atoms with Crippen LogP contribution in [0.2, 0.25) is 0 Å². The van der Waals surface area contributed by atoms with Gasteiger partial charge in [0.1, 0.15) is 0 Å². The zero-order chi connectivity index (χ0) is 8.15. The zero-order valence-electron chi connectivity index (χ0n) is 7.59. The molecule has 0 aliphatic rings. The molecule has 0 saturated heterocycles. The summed E-state index contributed by atoms with van der Waals surface area (Å²) in [6.45, 7) is 8.49. The van der Waals surface area contributed by atoms with E-state index in [1.807, 2.05) is 0 Å². The van der Waals surface area contributed by atoms with Crippen molar-refractivity contribution in [2.75, 3.05) is 20.1 Å². The average Bonchev–Trinajstić information content (AvgIpc) is 1.85. The van der Waals surface area contributed by atoms with Crippen molar-refractivity contribution in [2.24, 2.45) is 11.7 Å². The minimum absolute atomic E-state index is 0.516. The van der Waals surface area contributed by atoms with E-state index in [1.54, 1.807) is 0 Å². The van der Waals surface area contributed by atoms with Crippen LogP contribution in [0.25, 0.3) is 0 Å². The van der Waals surface area contributed by atoms with Crippen LogP contribution in [0.15, 0.2) is 0 Å². The molecular formula is C8H20N2. The zero-order valence-corrected chi connectivity index (χ0v) is 7.59. The summed E-state index contributed by atoms with van der Waals surface area (Å²) in [6.07, 6.45) is 0. The third kappa shape index (κ3) is 3.85. The summed E-state index contributed by atoms with van der Waals surface area (Å²) in [5.41, 5.74) is 5.51. The van der Waals surface area contributed by atoms with Crippen LogP contribution in [-0.4, -0.2) is 31.1 Å². The molecule has 0 radical (unpaired) electrons. The van der Waals surface area contributed by atoms with Crippen molar-refractivity contribution in [3.63, 3.8) is 0 Å². The van der Waals surface area contributed by atoms with Crippen molar-refractivity contribution in [2.45, 2.75) is 26.8 Å². The lowest BCUT2D eigenvalue weighted by atomic mass is 10.2. The molecule has 2 heteroatoms. The quantitative estimate of drug-likeness (QED) is 0.636. The monoisotopic (exact) mass is 144 g/mol. The van der Waals surface area contributed by atoms with Crippen LogP contribution in [0.5, 0.6) is 0 Å². The Labute approximate surface area is 64.4 Å². The first-order valence-electron chi connectivity index (χ1n) is 3.98. The minimum Gasteiger partial charge on any atom is -0.329 e. The van der Waals surface area contributed by atoms with Crippen LogP contribution in [0.1, 0.15) is 20.8 Å². The number of hydrogen-bond acceptors (Lipinski definition) is 2. The minimum atomic E-state index is 0.516. The summed E-state index contributed by atoms with van der Waals surface area (Å²) in [5.74, 6) is 0.735. The van der Waals surface area contributed by atoms with Gasteiger partial charge in [-0.1, -0.05) is 13.8 Å². The third-order valence-electron chi connectivity index (χ3n) is 1.75. The largest absolute Gasteiger partial charge is 0.329 e. The maximum atomic E-state index is 5.51. The van der Waals surface area contributed by atoms with Gasteiger partial charge in [-0.3, -0.25) is 0 Å². The summed E-state index contributed by atoms with van der Waals surface area (Å²) in [6, 6.07) is 0.516. The second-order valence-corrected chi connectivity index (χ2v) is 3.42. The molecule has 0 heterocycles. The fraction of sp³-hybridized carbons (Fsp3) is 1.00. The first-order valence-corrected chi connectivity index (χ1v) is 3.98. The van der Waals surface area contributed by atoms with E-state index in [0.29, 0.717) is 6.04 Å². The first kappa shape index (κ1) is 9.92. The highest BCUT2D eigenvalue weighted by molar-refractivity contribution is 4.64. The first-order chi connectivity index (χ1) is 4.57. The number of nitrogens with zero attached hydrogens (tertiary/aromatic N) is 1. The maximum Gasteiger partial charge on any atom is 0.0187 e. The Hall–Kier alpha value is -0.0800. The third-order valence-corrected chi connectivity index (χ3v) is 1.75. The highest BCUT2D eigenvalue weighted by Gasteiger charge is 2.07. The summed E-state index contributed by atoms with van der Waals surface area (Å²) < 4.78 is 0. The van der Waals surface area contributed by atoms with Gasteiger partial charge in [-0.2, -0.15) is 0 Å². The van der Waals surface area contributed by atoms with E-state index in [2.05, 4.69) is 32.7 Å². The molecule has 0 rings (SSSR count). The van der Waals surface area contributed by atoms with Gasteiger partial charge in [0.05, 0.1) is 0 Å². The molecule has 0 amide bonds. The molecule has 0 unspecified atom stereocenters. The van der Waals surface area contributed by atoms with Crippen molar-refractivity contribution in [1.29, 1.82) is 0 Å². The smallest absolute Gasteiger partial charge is 0.0187 e. The number of hydrogen-bond donors (Lipinski definition) is 1. The Bertz CT molecular complexity index is 81.3. The van der Waals surface area contributed by atoms with E-state index in [0.717, 1.165) is 19.0 Å². The van der Waals surface area contributed by atoms with E-state index in [1.165, 1.54) is 0 Å². The lowest BCUT2D eigenvalue weighted by molar-refractivity contribution is 0.235. The molecule has 0 saturated carbocycles. The number of nitrogens with two attached hydrogens (primary N) is 1. The van der Waals surface area contributed by atoms with Crippen molar-refractivity contribution in [3.8, 4) is 0 Å². The van der Waals surface area contributed by atoms with E-state index in [9.17, 15) is 0 Å². The van der Waals surface area contributed by atoms with Crippen LogP contribution in [-0.2, 0) is 0 Å².